The summed E-state index contributed by atoms with van der Waals surface area (Å²) < 4.78 is 25.7. The highest BCUT2D eigenvalue weighted by Gasteiger charge is 2.48. The van der Waals surface area contributed by atoms with Crippen LogP contribution in [0.1, 0.15) is 25.3 Å². The van der Waals surface area contributed by atoms with E-state index in [0.717, 1.165) is 24.9 Å². The second-order valence-electron chi connectivity index (χ2n) is 6.65. The Labute approximate surface area is 131 Å². The number of amides is 1. The first kappa shape index (κ1) is 14.2. The van der Waals surface area contributed by atoms with Gasteiger partial charge in [0.1, 0.15) is 0 Å². The normalized spacial score (nSPS) is 25.9. The van der Waals surface area contributed by atoms with E-state index in [1.807, 2.05) is 23.1 Å². The molecule has 2 aliphatic heterocycles. The van der Waals surface area contributed by atoms with Crippen molar-refractivity contribution >= 4 is 21.6 Å². The molecular formula is C16H20N2O3S. The second-order valence-corrected chi connectivity index (χ2v) is 8.86. The van der Waals surface area contributed by atoms with Crippen molar-refractivity contribution in [3.8, 4) is 0 Å². The maximum Gasteiger partial charge on any atom is 0.233 e. The number of fused-ring (bicyclic) bond motifs is 1. The Morgan fingerprint density at radius 2 is 1.86 bits per heavy atom. The van der Waals surface area contributed by atoms with Gasteiger partial charge in [0.15, 0.2) is 0 Å². The minimum Gasteiger partial charge on any atom is -0.309 e. The lowest BCUT2D eigenvalue weighted by atomic mass is 10.0. The van der Waals surface area contributed by atoms with Crippen molar-refractivity contribution in [1.82, 2.24) is 4.31 Å². The Bertz CT molecular complexity index is 721. The minimum absolute atomic E-state index is 0.0692. The predicted molar refractivity (Wildman–Crippen MR) is 84.1 cm³/mol. The van der Waals surface area contributed by atoms with Crippen molar-refractivity contribution in [2.45, 2.75) is 37.5 Å². The lowest BCUT2D eigenvalue weighted by molar-refractivity contribution is -0.125. The number of carbonyl (C=O) groups is 1. The Morgan fingerprint density at radius 3 is 2.55 bits per heavy atom. The lowest BCUT2D eigenvalue weighted by Gasteiger charge is -2.39. The molecule has 5 nitrogen and oxygen atoms in total. The fourth-order valence-electron chi connectivity index (χ4n) is 3.48. The van der Waals surface area contributed by atoms with Crippen LogP contribution in [0.5, 0.6) is 0 Å². The van der Waals surface area contributed by atoms with E-state index in [2.05, 4.69) is 13.0 Å². The molecule has 1 saturated heterocycles. The molecule has 118 valence electrons. The third kappa shape index (κ3) is 2.08. The van der Waals surface area contributed by atoms with Gasteiger partial charge in [-0.3, -0.25) is 4.79 Å². The maximum absolute atomic E-state index is 12.8. The van der Waals surface area contributed by atoms with Crippen LogP contribution >= 0.6 is 0 Å². The number of rotatable bonds is 3. The molecule has 1 saturated carbocycles. The summed E-state index contributed by atoms with van der Waals surface area (Å²) in [7, 11) is -3.13. The number of carbonyl (C=O) groups excluding carboxylic acids is 1. The van der Waals surface area contributed by atoms with Crippen LogP contribution in [0.2, 0.25) is 0 Å². The molecule has 1 amide bonds. The third-order valence-corrected chi connectivity index (χ3v) is 7.28. The number of sulfonamides is 1. The zero-order chi connectivity index (χ0) is 15.5. The van der Waals surface area contributed by atoms with Crippen LogP contribution in [0.3, 0.4) is 0 Å². The Kier molecular flexibility index (Phi) is 3.10. The van der Waals surface area contributed by atoms with Gasteiger partial charge in [0.05, 0.1) is 11.2 Å². The maximum atomic E-state index is 12.8. The average Bonchev–Trinajstić information content (AvgIpc) is 3.20. The summed E-state index contributed by atoms with van der Waals surface area (Å²) in [4.78, 5) is 14.6. The summed E-state index contributed by atoms with van der Waals surface area (Å²) in [6, 6.07) is 8.13. The average molecular weight is 320 g/mol. The predicted octanol–water partition coefficient (Wildman–Crippen LogP) is 1.39. The number of hydrogen-bond acceptors (Lipinski definition) is 3. The van der Waals surface area contributed by atoms with Gasteiger partial charge in [0.2, 0.25) is 15.9 Å². The van der Waals surface area contributed by atoms with Gasteiger partial charge in [-0.2, -0.15) is 4.31 Å². The lowest BCUT2D eigenvalue weighted by Crippen LogP contribution is -2.57. The van der Waals surface area contributed by atoms with Gasteiger partial charge >= 0.3 is 0 Å². The quantitative estimate of drug-likeness (QED) is 0.845. The number of anilines is 1. The molecule has 2 fully saturated rings. The first-order chi connectivity index (χ1) is 10.5. The van der Waals surface area contributed by atoms with Crippen LogP contribution in [0, 0.1) is 5.92 Å². The van der Waals surface area contributed by atoms with Crippen LogP contribution in [-0.4, -0.2) is 43.0 Å². The molecule has 0 spiro atoms. The molecule has 0 radical (unpaired) electrons. The summed E-state index contributed by atoms with van der Waals surface area (Å²) in [6.45, 7) is 2.75. The summed E-state index contributed by atoms with van der Waals surface area (Å²) in [5.74, 6) is -0.123. The van der Waals surface area contributed by atoms with Crippen molar-refractivity contribution in [1.29, 1.82) is 0 Å². The zero-order valence-corrected chi connectivity index (χ0v) is 13.4. The van der Waals surface area contributed by atoms with Crippen LogP contribution in [0.15, 0.2) is 24.3 Å². The van der Waals surface area contributed by atoms with Crippen LogP contribution in [0.25, 0.3) is 0 Å². The molecule has 0 aromatic heterocycles. The highest BCUT2D eigenvalue weighted by molar-refractivity contribution is 7.90. The van der Waals surface area contributed by atoms with Gasteiger partial charge in [-0.25, -0.2) is 8.42 Å². The monoisotopic (exact) mass is 320 g/mol. The summed E-state index contributed by atoms with van der Waals surface area (Å²) in [6.07, 6.45) is 2.42. The summed E-state index contributed by atoms with van der Waals surface area (Å²) >= 11 is 0. The van der Waals surface area contributed by atoms with Crippen LogP contribution in [0.4, 0.5) is 5.69 Å². The summed E-state index contributed by atoms with van der Waals surface area (Å²) in [5, 5.41) is -0.185. The SMILES string of the molecule is C[C@@H]1Cc2ccccc2N1C(=O)C1CN(S(=O)(=O)C2CC2)C1. The van der Waals surface area contributed by atoms with Gasteiger partial charge in [0.25, 0.3) is 0 Å². The van der Waals surface area contributed by atoms with Crippen molar-refractivity contribution in [2.75, 3.05) is 18.0 Å². The van der Waals surface area contributed by atoms with E-state index in [4.69, 9.17) is 0 Å². The fraction of sp³-hybridized carbons (Fsp3) is 0.562. The second kappa shape index (κ2) is 4.80. The highest BCUT2D eigenvalue weighted by atomic mass is 32.2. The highest BCUT2D eigenvalue weighted by Crippen LogP contribution is 2.37. The number of hydrogen-bond donors (Lipinski definition) is 0. The Balaban J connectivity index is 1.48. The van der Waals surface area contributed by atoms with Gasteiger partial charge in [-0.1, -0.05) is 18.2 Å². The first-order valence-electron chi connectivity index (χ1n) is 7.88. The molecule has 0 unspecified atom stereocenters. The molecule has 1 aliphatic carbocycles. The van der Waals surface area contributed by atoms with Gasteiger partial charge in [-0.05, 0) is 37.8 Å². The molecule has 6 heteroatoms. The van der Waals surface area contributed by atoms with Crippen LogP contribution < -0.4 is 4.90 Å². The molecular weight excluding hydrogens is 300 g/mol. The van der Waals surface area contributed by atoms with Crippen molar-refractivity contribution in [3.05, 3.63) is 29.8 Å². The molecule has 2 heterocycles. The Morgan fingerprint density at radius 1 is 1.18 bits per heavy atom. The van der Waals surface area contributed by atoms with Crippen molar-refractivity contribution in [2.24, 2.45) is 5.92 Å². The van der Waals surface area contributed by atoms with Crippen molar-refractivity contribution < 1.29 is 13.2 Å². The standard InChI is InChI=1S/C16H20N2O3S/c1-11-8-12-4-2-3-5-15(12)18(11)16(19)13-9-17(10-13)22(20,21)14-6-7-14/h2-5,11,13-14H,6-10H2,1H3/t11-/m1/s1. The summed E-state index contributed by atoms with van der Waals surface area (Å²) in [5.41, 5.74) is 2.19. The minimum atomic E-state index is -3.13. The number of benzene rings is 1. The van der Waals surface area contributed by atoms with E-state index in [9.17, 15) is 13.2 Å². The van der Waals surface area contributed by atoms with Gasteiger partial charge < -0.3 is 4.90 Å². The molecule has 1 aromatic carbocycles. The molecule has 4 rings (SSSR count). The third-order valence-electron chi connectivity index (χ3n) is 4.95. The van der Waals surface area contributed by atoms with E-state index in [1.165, 1.54) is 9.87 Å². The van der Waals surface area contributed by atoms with Crippen molar-refractivity contribution in [3.63, 3.8) is 0 Å². The van der Waals surface area contributed by atoms with E-state index in [1.54, 1.807) is 0 Å². The van der Waals surface area contributed by atoms with Gasteiger partial charge in [0, 0.05) is 24.8 Å². The zero-order valence-electron chi connectivity index (χ0n) is 12.6. The van der Waals surface area contributed by atoms with E-state index in [0.29, 0.717) is 13.1 Å². The largest absolute Gasteiger partial charge is 0.309 e. The number of nitrogens with zero attached hydrogens (tertiary/aromatic N) is 2. The fourth-order valence-corrected chi connectivity index (χ4v) is 5.41. The topological polar surface area (TPSA) is 57.7 Å². The molecule has 22 heavy (non-hydrogen) atoms. The molecule has 1 atom stereocenters. The van der Waals surface area contributed by atoms with Gasteiger partial charge in [-0.15, -0.1) is 0 Å². The smallest absolute Gasteiger partial charge is 0.233 e. The van der Waals surface area contributed by atoms with Crippen LogP contribution in [-0.2, 0) is 21.2 Å². The van der Waals surface area contributed by atoms with E-state index in [-0.39, 0.29) is 23.1 Å². The number of para-hydroxylation sites is 1. The molecule has 0 N–H and O–H groups in total. The van der Waals surface area contributed by atoms with E-state index >= 15 is 0 Å². The molecule has 3 aliphatic rings. The first-order valence-corrected chi connectivity index (χ1v) is 9.38. The molecule has 1 aromatic rings. The Hall–Kier alpha value is -1.40. The van der Waals surface area contributed by atoms with E-state index < -0.39 is 10.0 Å². The molecule has 0 bridgehead atoms.